The minimum absolute atomic E-state index is 0.665. The normalized spacial score (nSPS) is 11.2. The largest absolute Gasteiger partial charge is 0.331 e. The van der Waals surface area contributed by atoms with Crippen molar-refractivity contribution in [3.05, 3.63) is 29.6 Å². The van der Waals surface area contributed by atoms with Crippen molar-refractivity contribution < 1.29 is 0 Å². The van der Waals surface area contributed by atoms with E-state index in [4.69, 9.17) is 11.6 Å². The minimum Gasteiger partial charge on any atom is -0.331 e. The van der Waals surface area contributed by atoms with Crippen LogP contribution in [0.1, 0.15) is 11.4 Å². The SMILES string of the molecule is Cc1nc2cc(CCNCCCl)ccc2n1C. The second-order valence-electron chi connectivity index (χ2n) is 4.23. The molecule has 92 valence electrons. The van der Waals surface area contributed by atoms with Gasteiger partial charge in [-0.2, -0.15) is 0 Å². The monoisotopic (exact) mass is 251 g/mol. The van der Waals surface area contributed by atoms with Crippen LogP contribution in [0.25, 0.3) is 11.0 Å². The second-order valence-corrected chi connectivity index (χ2v) is 4.61. The van der Waals surface area contributed by atoms with Crippen LogP contribution < -0.4 is 5.32 Å². The lowest BCUT2D eigenvalue weighted by molar-refractivity contribution is 0.720. The summed E-state index contributed by atoms with van der Waals surface area (Å²) >= 11 is 5.61. The Morgan fingerprint density at radius 1 is 1.35 bits per heavy atom. The number of nitrogens with zero attached hydrogens (tertiary/aromatic N) is 2. The molecule has 2 rings (SSSR count). The highest BCUT2D eigenvalue weighted by molar-refractivity contribution is 6.18. The molecule has 0 aliphatic rings. The molecule has 0 unspecified atom stereocenters. The van der Waals surface area contributed by atoms with Gasteiger partial charge in [0.05, 0.1) is 11.0 Å². The Labute approximate surface area is 107 Å². The van der Waals surface area contributed by atoms with Gasteiger partial charge in [0.2, 0.25) is 0 Å². The molecule has 1 aromatic heterocycles. The number of benzene rings is 1. The summed E-state index contributed by atoms with van der Waals surface area (Å²) < 4.78 is 2.12. The lowest BCUT2D eigenvalue weighted by Crippen LogP contribution is -2.19. The molecule has 0 aliphatic heterocycles. The molecule has 17 heavy (non-hydrogen) atoms. The first kappa shape index (κ1) is 12.4. The molecule has 4 heteroatoms. The van der Waals surface area contributed by atoms with Gasteiger partial charge in [0.15, 0.2) is 0 Å². The second kappa shape index (κ2) is 5.52. The third kappa shape index (κ3) is 2.79. The van der Waals surface area contributed by atoms with Gasteiger partial charge in [-0.25, -0.2) is 4.98 Å². The van der Waals surface area contributed by atoms with Gasteiger partial charge in [0, 0.05) is 19.5 Å². The fourth-order valence-corrected chi connectivity index (χ4v) is 2.08. The molecular weight excluding hydrogens is 234 g/mol. The van der Waals surface area contributed by atoms with Gasteiger partial charge < -0.3 is 9.88 Å². The first-order chi connectivity index (χ1) is 8.22. The maximum Gasteiger partial charge on any atom is 0.106 e. The maximum absolute atomic E-state index is 5.61. The van der Waals surface area contributed by atoms with Crippen LogP contribution in [0.4, 0.5) is 0 Å². The number of rotatable bonds is 5. The zero-order chi connectivity index (χ0) is 12.3. The maximum atomic E-state index is 5.61. The summed E-state index contributed by atoms with van der Waals surface area (Å²) in [5, 5.41) is 3.29. The van der Waals surface area contributed by atoms with Crippen LogP contribution in [0.2, 0.25) is 0 Å². The Kier molecular flexibility index (Phi) is 4.02. The zero-order valence-electron chi connectivity index (χ0n) is 10.3. The van der Waals surface area contributed by atoms with Crippen LogP contribution in [-0.4, -0.2) is 28.5 Å². The number of halogens is 1. The lowest BCUT2D eigenvalue weighted by Gasteiger charge is -2.03. The van der Waals surface area contributed by atoms with Crippen molar-refractivity contribution in [2.75, 3.05) is 19.0 Å². The molecule has 0 aliphatic carbocycles. The van der Waals surface area contributed by atoms with Crippen LogP contribution in [0.3, 0.4) is 0 Å². The highest BCUT2D eigenvalue weighted by Crippen LogP contribution is 2.16. The Balaban J connectivity index is 2.09. The predicted octanol–water partition coefficient (Wildman–Crippen LogP) is 2.25. The molecule has 0 atom stereocenters. The summed E-state index contributed by atoms with van der Waals surface area (Å²) in [7, 11) is 2.05. The van der Waals surface area contributed by atoms with Gasteiger partial charge >= 0.3 is 0 Å². The standard InChI is InChI=1S/C13H18ClN3/c1-10-16-12-9-11(5-7-15-8-6-14)3-4-13(12)17(10)2/h3-4,9,15H,5-8H2,1-2H3. The van der Waals surface area contributed by atoms with E-state index in [1.165, 1.54) is 11.1 Å². The van der Waals surface area contributed by atoms with Crippen molar-refractivity contribution in [1.82, 2.24) is 14.9 Å². The van der Waals surface area contributed by atoms with Crippen molar-refractivity contribution in [3.8, 4) is 0 Å². The van der Waals surface area contributed by atoms with E-state index >= 15 is 0 Å². The third-order valence-electron chi connectivity index (χ3n) is 3.03. The fourth-order valence-electron chi connectivity index (χ4n) is 1.95. The summed E-state index contributed by atoms with van der Waals surface area (Å²) in [6, 6.07) is 6.49. The molecule has 0 amide bonds. The molecule has 2 aromatic rings. The Morgan fingerprint density at radius 2 is 2.18 bits per heavy atom. The topological polar surface area (TPSA) is 29.9 Å². The highest BCUT2D eigenvalue weighted by Gasteiger charge is 2.04. The zero-order valence-corrected chi connectivity index (χ0v) is 11.1. The number of fused-ring (bicyclic) bond motifs is 1. The average molecular weight is 252 g/mol. The quantitative estimate of drug-likeness (QED) is 0.653. The van der Waals surface area contributed by atoms with Gasteiger partial charge in [-0.15, -0.1) is 11.6 Å². The van der Waals surface area contributed by atoms with Crippen LogP contribution >= 0.6 is 11.6 Å². The van der Waals surface area contributed by atoms with E-state index in [1.54, 1.807) is 0 Å². The van der Waals surface area contributed by atoms with Gasteiger partial charge in [-0.1, -0.05) is 6.07 Å². The van der Waals surface area contributed by atoms with E-state index < -0.39 is 0 Å². The molecule has 3 nitrogen and oxygen atoms in total. The highest BCUT2D eigenvalue weighted by atomic mass is 35.5. The van der Waals surface area contributed by atoms with E-state index in [-0.39, 0.29) is 0 Å². The van der Waals surface area contributed by atoms with E-state index in [0.29, 0.717) is 5.88 Å². The lowest BCUT2D eigenvalue weighted by atomic mass is 10.1. The van der Waals surface area contributed by atoms with Gasteiger partial charge in [-0.3, -0.25) is 0 Å². The van der Waals surface area contributed by atoms with Crippen molar-refractivity contribution >= 4 is 22.6 Å². The number of aryl methyl sites for hydroxylation is 2. The molecule has 1 aromatic carbocycles. The van der Waals surface area contributed by atoms with Crippen molar-refractivity contribution in [2.45, 2.75) is 13.3 Å². The predicted molar refractivity (Wildman–Crippen MR) is 72.7 cm³/mol. The molecule has 0 fully saturated rings. The molecule has 0 radical (unpaired) electrons. The van der Waals surface area contributed by atoms with Gasteiger partial charge in [0.1, 0.15) is 5.82 Å². The Morgan fingerprint density at radius 3 is 2.94 bits per heavy atom. The van der Waals surface area contributed by atoms with Crippen LogP contribution in [-0.2, 0) is 13.5 Å². The van der Waals surface area contributed by atoms with Crippen molar-refractivity contribution in [1.29, 1.82) is 0 Å². The van der Waals surface area contributed by atoms with E-state index in [9.17, 15) is 0 Å². The van der Waals surface area contributed by atoms with E-state index in [1.807, 2.05) is 14.0 Å². The third-order valence-corrected chi connectivity index (χ3v) is 3.22. The summed E-state index contributed by atoms with van der Waals surface area (Å²) in [6.45, 7) is 3.86. The average Bonchev–Trinajstić information content (AvgIpc) is 2.61. The molecule has 0 bridgehead atoms. The minimum atomic E-state index is 0.665. The number of hydrogen-bond donors (Lipinski definition) is 1. The first-order valence-corrected chi connectivity index (χ1v) is 6.44. The molecule has 1 N–H and O–H groups in total. The van der Waals surface area contributed by atoms with E-state index in [0.717, 1.165) is 30.9 Å². The van der Waals surface area contributed by atoms with Crippen LogP contribution in [0.5, 0.6) is 0 Å². The summed E-state index contributed by atoms with van der Waals surface area (Å²) in [4.78, 5) is 4.54. The van der Waals surface area contributed by atoms with Crippen molar-refractivity contribution in [2.24, 2.45) is 7.05 Å². The Hall–Kier alpha value is -1.06. The molecule has 0 saturated heterocycles. The van der Waals surface area contributed by atoms with Gasteiger partial charge in [0.25, 0.3) is 0 Å². The van der Waals surface area contributed by atoms with Gasteiger partial charge in [-0.05, 0) is 37.6 Å². The first-order valence-electron chi connectivity index (χ1n) is 5.91. The van der Waals surface area contributed by atoms with E-state index in [2.05, 4.69) is 33.1 Å². The number of alkyl halides is 1. The molecule has 1 heterocycles. The van der Waals surface area contributed by atoms with Crippen LogP contribution in [0, 0.1) is 6.92 Å². The summed E-state index contributed by atoms with van der Waals surface area (Å²) in [5.74, 6) is 1.72. The smallest absolute Gasteiger partial charge is 0.106 e. The number of imidazole rings is 1. The number of aromatic nitrogens is 2. The molecule has 0 saturated carbocycles. The summed E-state index contributed by atoms with van der Waals surface area (Å²) in [6.07, 6.45) is 1.02. The molecular formula is C13H18ClN3. The molecule has 0 spiro atoms. The van der Waals surface area contributed by atoms with Crippen molar-refractivity contribution in [3.63, 3.8) is 0 Å². The fraction of sp³-hybridized carbons (Fsp3) is 0.462. The number of nitrogens with one attached hydrogen (secondary N) is 1. The summed E-state index contributed by atoms with van der Waals surface area (Å²) in [5.41, 5.74) is 3.59. The number of hydrogen-bond acceptors (Lipinski definition) is 2. The van der Waals surface area contributed by atoms with Crippen LogP contribution in [0.15, 0.2) is 18.2 Å². The Bertz CT molecular complexity index is 505.